The average molecular weight is 458 g/mol. The van der Waals surface area contributed by atoms with Crippen LogP contribution in [0.1, 0.15) is 49.7 Å². The highest BCUT2D eigenvalue weighted by Crippen LogP contribution is 2.36. The third kappa shape index (κ3) is 5.15. The number of nitrogens with zero attached hydrogens (tertiary/aromatic N) is 1. The second-order valence-corrected chi connectivity index (χ2v) is 10.7. The number of para-hydroxylation sites is 1. The van der Waals surface area contributed by atoms with E-state index in [4.69, 9.17) is 9.47 Å². The minimum Gasteiger partial charge on any atom is -0.460 e. The number of hydrogen-bond acceptors (Lipinski definition) is 7. The van der Waals surface area contributed by atoms with Crippen molar-refractivity contribution >= 4 is 44.8 Å². The van der Waals surface area contributed by atoms with E-state index in [9.17, 15) is 9.59 Å². The van der Waals surface area contributed by atoms with Gasteiger partial charge in [-0.1, -0.05) is 39.3 Å². The van der Waals surface area contributed by atoms with Crippen molar-refractivity contribution in [3.8, 4) is 9.88 Å². The fourth-order valence-corrected chi connectivity index (χ4v) is 6.11. The van der Waals surface area contributed by atoms with Gasteiger partial charge in [0.25, 0.3) is 0 Å². The number of benzene rings is 1. The zero-order chi connectivity index (χ0) is 22.0. The zero-order valence-corrected chi connectivity index (χ0v) is 19.6. The predicted molar refractivity (Wildman–Crippen MR) is 124 cm³/mol. The Morgan fingerprint density at radius 1 is 1.13 bits per heavy atom. The number of thiazole rings is 1. The Labute approximate surface area is 190 Å². The molecule has 3 atom stereocenters. The summed E-state index contributed by atoms with van der Waals surface area (Å²) in [5.74, 6) is 0.389. The molecule has 0 saturated heterocycles. The number of fused-ring (bicyclic) bond motifs is 1. The number of hydrogen-bond donors (Lipinski definition) is 0. The molecule has 5 nitrogen and oxygen atoms in total. The van der Waals surface area contributed by atoms with Crippen molar-refractivity contribution in [3.63, 3.8) is 0 Å². The molecule has 2 heterocycles. The van der Waals surface area contributed by atoms with E-state index < -0.39 is 11.9 Å². The Bertz CT molecular complexity index is 1040. The summed E-state index contributed by atoms with van der Waals surface area (Å²) < 4.78 is 12.1. The van der Waals surface area contributed by atoms with Crippen LogP contribution in [0, 0.1) is 17.8 Å². The number of rotatable bonds is 6. The minimum atomic E-state index is -0.508. The normalized spacial score (nSPS) is 21.4. The lowest BCUT2D eigenvalue weighted by molar-refractivity contribution is -0.159. The Hall–Kier alpha value is -2.25. The molecule has 2 aromatic heterocycles. The molecule has 1 aliphatic carbocycles. The van der Waals surface area contributed by atoms with Gasteiger partial charge >= 0.3 is 11.9 Å². The monoisotopic (exact) mass is 457 g/mol. The average Bonchev–Trinajstić information content (AvgIpc) is 3.39. The molecular formula is C24H27NO4S2. The molecule has 1 saturated carbocycles. The number of thiophene rings is 1. The van der Waals surface area contributed by atoms with Crippen LogP contribution in [0.4, 0.5) is 0 Å². The molecule has 0 bridgehead atoms. The standard InChI is InChI=1S/C24H27NO4S2/c1-14(2)16-9-8-15(3)12-18(16)29-22(26)13-28-24(27)21-11-10-20(30-21)23-25-17-6-4-5-7-19(17)31-23/h4-7,10-11,14-16,18H,8-9,12-13H2,1-3H3. The summed E-state index contributed by atoms with van der Waals surface area (Å²) in [6, 6.07) is 11.5. The van der Waals surface area contributed by atoms with Crippen LogP contribution in [-0.2, 0) is 14.3 Å². The maximum Gasteiger partial charge on any atom is 0.348 e. The molecule has 4 rings (SSSR count). The van der Waals surface area contributed by atoms with Gasteiger partial charge in [-0.3, -0.25) is 0 Å². The fraction of sp³-hybridized carbons (Fsp3) is 0.458. The molecule has 0 N–H and O–H groups in total. The van der Waals surface area contributed by atoms with Crippen LogP contribution in [0.25, 0.3) is 20.1 Å². The summed E-state index contributed by atoms with van der Waals surface area (Å²) in [5.41, 5.74) is 0.944. The van der Waals surface area contributed by atoms with E-state index in [0.29, 0.717) is 22.6 Å². The first-order chi connectivity index (χ1) is 14.9. The maximum absolute atomic E-state index is 12.4. The molecule has 3 aromatic rings. The van der Waals surface area contributed by atoms with Gasteiger partial charge in [-0.2, -0.15) is 0 Å². The van der Waals surface area contributed by atoms with E-state index in [1.165, 1.54) is 17.8 Å². The molecule has 1 aliphatic rings. The van der Waals surface area contributed by atoms with E-state index in [1.807, 2.05) is 30.3 Å². The lowest BCUT2D eigenvalue weighted by Crippen LogP contribution is -2.36. The Morgan fingerprint density at radius 2 is 1.94 bits per heavy atom. The second kappa shape index (κ2) is 9.49. The van der Waals surface area contributed by atoms with Gasteiger partial charge in [0.1, 0.15) is 16.0 Å². The molecule has 1 aromatic carbocycles. The maximum atomic E-state index is 12.4. The van der Waals surface area contributed by atoms with Crippen LogP contribution in [0.15, 0.2) is 36.4 Å². The zero-order valence-electron chi connectivity index (χ0n) is 18.0. The Kier molecular flexibility index (Phi) is 6.72. The molecule has 31 heavy (non-hydrogen) atoms. The van der Waals surface area contributed by atoms with Gasteiger partial charge in [-0.25, -0.2) is 14.6 Å². The second-order valence-electron chi connectivity index (χ2n) is 8.58. The number of aromatic nitrogens is 1. The van der Waals surface area contributed by atoms with Crippen molar-refractivity contribution in [2.45, 2.75) is 46.1 Å². The Balaban J connectivity index is 1.34. The highest BCUT2D eigenvalue weighted by Gasteiger charge is 2.33. The summed E-state index contributed by atoms with van der Waals surface area (Å²) in [6.07, 6.45) is 3.02. The van der Waals surface area contributed by atoms with E-state index in [-0.39, 0.29) is 12.7 Å². The van der Waals surface area contributed by atoms with E-state index in [1.54, 1.807) is 17.4 Å². The largest absolute Gasteiger partial charge is 0.460 e. The molecule has 1 fully saturated rings. The van der Waals surface area contributed by atoms with Crippen molar-refractivity contribution in [1.82, 2.24) is 4.98 Å². The highest BCUT2D eigenvalue weighted by molar-refractivity contribution is 7.26. The number of carbonyl (C=O) groups excluding carboxylic acids is 2. The van der Waals surface area contributed by atoms with Crippen LogP contribution in [0.5, 0.6) is 0 Å². The molecule has 3 unspecified atom stereocenters. The quantitative estimate of drug-likeness (QED) is 0.413. The summed E-state index contributed by atoms with van der Waals surface area (Å²) in [5, 5.41) is 0.871. The van der Waals surface area contributed by atoms with Crippen molar-refractivity contribution < 1.29 is 19.1 Å². The summed E-state index contributed by atoms with van der Waals surface area (Å²) in [6.45, 7) is 6.17. The van der Waals surface area contributed by atoms with Gasteiger partial charge in [0.2, 0.25) is 0 Å². The molecule has 0 aliphatic heterocycles. The van der Waals surface area contributed by atoms with Crippen molar-refractivity contribution in [2.75, 3.05) is 6.61 Å². The van der Waals surface area contributed by atoms with Crippen LogP contribution in [0.3, 0.4) is 0 Å². The smallest absolute Gasteiger partial charge is 0.348 e. The number of carbonyl (C=O) groups is 2. The van der Waals surface area contributed by atoms with Crippen LogP contribution < -0.4 is 0 Å². The van der Waals surface area contributed by atoms with Crippen molar-refractivity contribution in [2.24, 2.45) is 17.8 Å². The molecule has 7 heteroatoms. The summed E-state index contributed by atoms with van der Waals surface area (Å²) in [4.78, 5) is 30.8. The SMILES string of the molecule is CC1CCC(C(C)C)C(OC(=O)COC(=O)c2ccc(-c3nc4ccccc4s3)s2)C1. The van der Waals surface area contributed by atoms with Crippen molar-refractivity contribution in [3.05, 3.63) is 41.3 Å². The summed E-state index contributed by atoms with van der Waals surface area (Å²) in [7, 11) is 0. The number of esters is 2. The van der Waals surface area contributed by atoms with Gasteiger partial charge in [0.05, 0.1) is 15.1 Å². The molecule has 0 spiro atoms. The van der Waals surface area contributed by atoms with Gasteiger partial charge in [0.15, 0.2) is 6.61 Å². The Morgan fingerprint density at radius 3 is 2.71 bits per heavy atom. The first kappa shape index (κ1) is 22.0. The van der Waals surface area contributed by atoms with E-state index in [2.05, 4.69) is 25.8 Å². The lowest BCUT2D eigenvalue weighted by atomic mass is 9.75. The number of ether oxygens (including phenoxy) is 2. The summed E-state index contributed by atoms with van der Waals surface area (Å²) >= 11 is 2.91. The topological polar surface area (TPSA) is 65.5 Å². The molecule has 164 valence electrons. The van der Waals surface area contributed by atoms with Crippen molar-refractivity contribution in [1.29, 1.82) is 0 Å². The van der Waals surface area contributed by atoms with Gasteiger partial charge in [0, 0.05) is 0 Å². The van der Waals surface area contributed by atoms with E-state index in [0.717, 1.165) is 32.9 Å². The van der Waals surface area contributed by atoms with Crippen LogP contribution in [-0.4, -0.2) is 29.6 Å². The van der Waals surface area contributed by atoms with Gasteiger partial charge < -0.3 is 9.47 Å². The predicted octanol–water partition coefficient (Wildman–Crippen LogP) is 6.19. The third-order valence-electron chi connectivity index (χ3n) is 5.88. The third-order valence-corrected chi connectivity index (χ3v) is 8.15. The first-order valence-corrected chi connectivity index (χ1v) is 12.4. The fourth-order valence-electron chi connectivity index (χ4n) is 4.19. The molecule has 0 amide bonds. The van der Waals surface area contributed by atoms with Crippen LogP contribution >= 0.6 is 22.7 Å². The minimum absolute atomic E-state index is 0.0951. The first-order valence-electron chi connectivity index (χ1n) is 10.7. The lowest BCUT2D eigenvalue weighted by Gasteiger charge is -2.36. The molecular weight excluding hydrogens is 430 g/mol. The van der Waals surface area contributed by atoms with Gasteiger partial charge in [-0.15, -0.1) is 22.7 Å². The van der Waals surface area contributed by atoms with Gasteiger partial charge in [-0.05, 0) is 54.9 Å². The van der Waals surface area contributed by atoms with Crippen LogP contribution in [0.2, 0.25) is 0 Å². The molecule has 0 radical (unpaired) electrons. The highest BCUT2D eigenvalue weighted by atomic mass is 32.1. The van der Waals surface area contributed by atoms with E-state index >= 15 is 0 Å².